The van der Waals surface area contributed by atoms with Crippen LogP contribution >= 0.6 is 0 Å². The van der Waals surface area contributed by atoms with Crippen LogP contribution in [-0.2, 0) is 36.1 Å². The standard InChI is InChI=1S/C38H43N7O8/c1-39-38(51)44-14-11-24-28(19-42(2)35(48)29(24)20-44)21-15-31(52-3)27(32(16-21)53-4)18-40-22-9-12-43(13-10-22)23-5-6-25-26(17-23)37(50)45(36(25)49)30-7-8-33(46)41-34(30)47/h5-6,15-17,19,22,30,40H,7-14,18,20H2,1-4H3,(H,39,51)(H,41,46,47). The van der Waals surface area contributed by atoms with Gasteiger partial charge in [-0.25, -0.2) is 4.79 Å². The average molecular weight is 726 g/mol. The number of pyridine rings is 1. The molecule has 2 aromatic carbocycles. The van der Waals surface area contributed by atoms with Gasteiger partial charge in [0.2, 0.25) is 11.8 Å². The van der Waals surface area contributed by atoms with E-state index in [-0.39, 0.29) is 48.1 Å². The van der Waals surface area contributed by atoms with Gasteiger partial charge < -0.3 is 34.5 Å². The SMILES string of the molecule is CNC(=O)N1CCc2c(-c3cc(OC)c(CNC4CCN(c5ccc6c(c5)C(=O)N(C5CCC(=O)NC5=O)C6=O)CC4)c(OC)c3)cn(C)c(=O)c2C1. The number of carbonyl (C=O) groups excluding carboxylic acids is 5. The largest absolute Gasteiger partial charge is 0.496 e. The highest BCUT2D eigenvalue weighted by atomic mass is 16.5. The van der Waals surface area contributed by atoms with Crippen LogP contribution in [0.2, 0.25) is 0 Å². The Bertz CT molecular complexity index is 2060. The van der Waals surface area contributed by atoms with Crippen LogP contribution in [0.4, 0.5) is 10.5 Å². The van der Waals surface area contributed by atoms with Crippen molar-refractivity contribution in [3.63, 3.8) is 0 Å². The number of ether oxygens (including phenoxy) is 2. The van der Waals surface area contributed by atoms with E-state index < -0.39 is 29.7 Å². The summed E-state index contributed by atoms with van der Waals surface area (Å²) in [6.07, 6.45) is 4.21. The molecule has 15 heteroatoms. The second kappa shape index (κ2) is 14.4. The highest BCUT2D eigenvalue weighted by Gasteiger charge is 2.45. The van der Waals surface area contributed by atoms with Crippen molar-refractivity contribution in [1.82, 2.24) is 30.3 Å². The fourth-order valence-electron chi connectivity index (χ4n) is 7.94. The van der Waals surface area contributed by atoms with E-state index in [1.54, 1.807) is 49.9 Å². The number of amides is 6. The zero-order chi connectivity index (χ0) is 37.6. The molecule has 3 N–H and O–H groups in total. The topological polar surface area (TPSA) is 172 Å². The van der Waals surface area contributed by atoms with Crippen molar-refractivity contribution in [2.24, 2.45) is 7.05 Å². The Morgan fingerprint density at radius 2 is 1.57 bits per heavy atom. The molecule has 7 rings (SSSR count). The number of benzene rings is 2. The van der Waals surface area contributed by atoms with Gasteiger partial charge in [-0.15, -0.1) is 0 Å². The molecule has 4 aliphatic heterocycles. The molecule has 0 radical (unpaired) electrons. The number of piperidine rings is 2. The first-order valence-electron chi connectivity index (χ1n) is 17.8. The lowest BCUT2D eigenvalue weighted by molar-refractivity contribution is -0.136. The molecule has 278 valence electrons. The number of nitrogens with zero attached hydrogens (tertiary/aromatic N) is 4. The summed E-state index contributed by atoms with van der Waals surface area (Å²) in [6.45, 7) is 2.67. The minimum absolute atomic E-state index is 0.0723. The summed E-state index contributed by atoms with van der Waals surface area (Å²) < 4.78 is 13.3. The second-order valence-corrected chi connectivity index (χ2v) is 13.8. The maximum atomic E-state index is 13.3. The van der Waals surface area contributed by atoms with Gasteiger partial charge >= 0.3 is 6.03 Å². The van der Waals surface area contributed by atoms with Gasteiger partial charge in [0.25, 0.3) is 17.4 Å². The number of aryl methyl sites for hydroxylation is 1. The van der Waals surface area contributed by atoms with Crippen molar-refractivity contribution in [3.05, 3.63) is 74.7 Å². The molecule has 5 heterocycles. The Morgan fingerprint density at radius 3 is 2.23 bits per heavy atom. The normalized spacial score (nSPS) is 18.9. The molecule has 0 saturated carbocycles. The van der Waals surface area contributed by atoms with Crippen molar-refractivity contribution in [1.29, 1.82) is 0 Å². The molecule has 2 saturated heterocycles. The van der Waals surface area contributed by atoms with E-state index in [1.807, 2.05) is 24.4 Å². The van der Waals surface area contributed by atoms with Gasteiger partial charge in [0.15, 0.2) is 0 Å². The van der Waals surface area contributed by atoms with E-state index in [0.717, 1.165) is 58.8 Å². The summed E-state index contributed by atoms with van der Waals surface area (Å²) in [4.78, 5) is 80.8. The Kier molecular flexibility index (Phi) is 9.68. The van der Waals surface area contributed by atoms with Crippen molar-refractivity contribution >= 4 is 35.3 Å². The predicted molar refractivity (Wildman–Crippen MR) is 194 cm³/mol. The molecule has 4 aliphatic rings. The Hall–Kier alpha value is -5.70. The molecule has 1 unspecified atom stereocenters. The smallest absolute Gasteiger partial charge is 0.317 e. The van der Waals surface area contributed by atoms with Gasteiger partial charge in [0.05, 0.1) is 31.9 Å². The summed E-state index contributed by atoms with van der Waals surface area (Å²) in [5.41, 5.74) is 5.36. The molecule has 0 spiro atoms. The first kappa shape index (κ1) is 35.7. The third kappa shape index (κ3) is 6.49. The van der Waals surface area contributed by atoms with Gasteiger partial charge in [-0.05, 0) is 67.1 Å². The number of urea groups is 1. The maximum Gasteiger partial charge on any atom is 0.317 e. The fraction of sp³-hybridized carbons (Fsp3) is 0.421. The lowest BCUT2D eigenvalue weighted by Crippen LogP contribution is -2.54. The minimum Gasteiger partial charge on any atom is -0.496 e. The van der Waals surface area contributed by atoms with E-state index in [2.05, 4.69) is 20.9 Å². The molecule has 0 bridgehead atoms. The Balaban J connectivity index is 1.03. The Morgan fingerprint density at radius 1 is 0.868 bits per heavy atom. The molecule has 3 aromatic rings. The number of rotatable bonds is 8. The molecule has 1 atom stereocenters. The van der Waals surface area contributed by atoms with Gasteiger partial charge in [-0.1, -0.05) is 0 Å². The van der Waals surface area contributed by atoms with Crippen molar-refractivity contribution in [2.45, 2.75) is 57.3 Å². The van der Waals surface area contributed by atoms with Crippen LogP contribution in [0, 0.1) is 0 Å². The number of methoxy groups -OCH3 is 2. The van der Waals surface area contributed by atoms with Crippen LogP contribution in [0.1, 0.15) is 63.1 Å². The number of aromatic nitrogens is 1. The monoisotopic (exact) mass is 725 g/mol. The highest BCUT2D eigenvalue weighted by Crippen LogP contribution is 2.38. The van der Waals surface area contributed by atoms with Crippen molar-refractivity contribution in [3.8, 4) is 22.6 Å². The summed E-state index contributed by atoms with van der Waals surface area (Å²) in [5, 5.41) is 8.54. The van der Waals surface area contributed by atoms with Crippen LogP contribution in [-0.4, -0.2) is 97.0 Å². The Labute approximate surface area is 306 Å². The van der Waals surface area contributed by atoms with Crippen LogP contribution in [0.3, 0.4) is 0 Å². The predicted octanol–water partition coefficient (Wildman–Crippen LogP) is 1.93. The zero-order valence-corrected chi connectivity index (χ0v) is 30.2. The summed E-state index contributed by atoms with van der Waals surface area (Å²) in [5.74, 6) is -0.770. The first-order valence-corrected chi connectivity index (χ1v) is 17.8. The van der Waals surface area contributed by atoms with Gasteiger partial charge in [0.1, 0.15) is 17.5 Å². The highest BCUT2D eigenvalue weighted by molar-refractivity contribution is 6.23. The second-order valence-electron chi connectivity index (χ2n) is 13.8. The minimum atomic E-state index is -1.000. The number of hydrogen-bond donors (Lipinski definition) is 3. The molecule has 0 aliphatic carbocycles. The van der Waals surface area contributed by atoms with Crippen LogP contribution < -0.4 is 35.9 Å². The van der Waals surface area contributed by atoms with Crippen LogP contribution in [0.25, 0.3) is 11.1 Å². The van der Waals surface area contributed by atoms with Crippen molar-refractivity contribution < 1.29 is 33.4 Å². The number of imide groups is 2. The average Bonchev–Trinajstić information content (AvgIpc) is 3.42. The molecule has 6 amide bonds. The maximum absolute atomic E-state index is 13.3. The zero-order valence-electron chi connectivity index (χ0n) is 30.2. The van der Waals surface area contributed by atoms with Crippen LogP contribution in [0.5, 0.6) is 11.5 Å². The van der Waals surface area contributed by atoms with Crippen LogP contribution in [0.15, 0.2) is 41.3 Å². The molecular formula is C38H43N7O8. The number of anilines is 1. The van der Waals surface area contributed by atoms with E-state index >= 15 is 0 Å². The van der Waals surface area contributed by atoms with E-state index in [0.29, 0.717) is 36.6 Å². The third-order valence-corrected chi connectivity index (χ3v) is 10.8. The quantitative estimate of drug-likeness (QED) is 0.292. The number of nitrogens with one attached hydrogen (secondary N) is 3. The van der Waals surface area contributed by atoms with Gasteiger partial charge in [-0.3, -0.25) is 34.2 Å². The van der Waals surface area contributed by atoms with Crippen molar-refractivity contribution in [2.75, 3.05) is 45.8 Å². The lowest BCUT2D eigenvalue weighted by Gasteiger charge is -2.34. The van der Waals surface area contributed by atoms with Gasteiger partial charge in [-0.2, -0.15) is 0 Å². The van der Waals surface area contributed by atoms with E-state index in [1.165, 1.54) is 0 Å². The third-order valence-electron chi connectivity index (χ3n) is 10.8. The fourth-order valence-corrected chi connectivity index (χ4v) is 7.94. The first-order chi connectivity index (χ1) is 25.5. The molecule has 53 heavy (non-hydrogen) atoms. The van der Waals surface area contributed by atoms with E-state index in [4.69, 9.17) is 9.47 Å². The lowest BCUT2D eigenvalue weighted by atomic mass is 9.91. The summed E-state index contributed by atoms with van der Waals surface area (Å²) in [7, 11) is 6.54. The van der Waals surface area contributed by atoms with Gasteiger partial charge in [0, 0.05) is 81.3 Å². The molecule has 1 aromatic heterocycles. The summed E-state index contributed by atoms with van der Waals surface area (Å²) >= 11 is 0. The number of hydrogen-bond acceptors (Lipinski definition) is 10. The molecule has 15 nitrogen and oxygen atoms in total. The molecular weight excluding hydrogens is 682 g/mol. The van der Waals surface area contributed by atoms with E-state index in [9.17, 15) is 28.8 Å². The number of fused-ring (bicyclic) bond motifs is 2. The summed E-state index contributed by atoms with van der Waals surface area (Å²) in [6, 6.07) is 8.12. The number of carbonyl (C=O) groups is 5. The molecule has 2 fully saturated rings.